The quantitative estimate of drug-likeness (QED) is 0.503. The summed E-state index contributed by atoms with van der Waals surface area (Å²) in [6, 6.07) is 5.08. The monoisotopic (exact) mass is 523 g/mol. The molecule has 2 heterocycles. The van der Waals surface area contributed by atoms with E-state index in [0.29, 0.717) is 5.56 Å². The van der Waals surface area contributed by atoms with E-state index in [1.54, 1.807) is 20.8 Å². The molecule has 0 unspecified atom stereocenters. The molecule has 0 radical (unpaired) electrons. The molecule has 0 atom stereocenters. The molecule has 0 aliphatic carbocycles. The zero-order valence-electron chi connectivity index (χ0n) is 21.2. The van der Waals surface area contributed by atoms with E-state index in [4.69, 9.17) is 5.73 Å². The number of nitrogens with two attached hydrogens (primary N) is 1. The SMILES string of the molecule is CCn1c(=O)c(C(=O)CN(CC(=O)N2CCC(F)(F)CC2)C(C)C)c(N)n(Cc2ccc(F)cc2)c1=O. The van der Waals surface area contributed by atoms with Crippen LogP contribution in [0.4, 0.5) is 19.0 Å². The third-order valence-electron chi connectivity index (χ3n) is 6.58. The molecule has 9 nitrogen and oxygen atoms in total. The van der Waals surface area contributed by atoms with E-state index >= 15 is 0 Å². The third-order valence-corrected chi connectivity index (χ3v) is 6.58. The summed E-state index contributed by atoms with van der Waals surface area (Å²) >= 11 is 0. The molecule has 1 aromatic carbocycles. The van der Waals surface area contributed by atoms with Crippen molar-refractivity contribution in [2.45, 2.75) is 58.7 Å². The summed E-state index contributed by atoms with van der Waals surface area (Å²) in [6.07, 6.45) is -0.829. The van der Waals surface area contributed by atoms with Crippen molar-refractivity contribution in [3.8, 4) is 0 Å². The lowest BCUT2D eigenvalue weighted by Gasteiger charge is -2.34. The molecule has 1 saturated heterocycles. The summed E-state index contributed by atoms with van der Waals surface area (Å²) in [4.78, 5) is 55.0. The molecule has 1 amide bonds. The van der Waals surface area contributed by atoms with Crippen LogP contribution in [-0.4, -0.2) is 68.8 Å². The molecule has 1 aliphatic rings. The van der Waals surface area contributed by atoms with Gasteiger partial charge < -0.3 is 10.6 Å². The number of anilines is 1. The van der Waals surface area contributed by atoms with Gasteiger partial charge in [-0.2, -0.15) is 0 Å². The first-order valence-corrected chi connectivity index (χ1v) is 12.1. The van der Waals surface area contributed by atoms with E-state index in [-0.39, 0.29) is 56.7 Å². The number of benzene rings is 1. The van der Waals surface area contributed by atoms with Crippen LogP contribution in [0.15, 0.2) is 33.9 Å². The first kappa shape index (κ1) is 28.2. The highest BCUT2D eigenvalue weighted by Crippen LogP contribution is 2.27. The normalized spacial score (nSPS) is 15.4. The average Bonchev–Trinajstić information content (AvgIpc) is 2.82. The molecule has 0 saturated carbocycles. The molecular weight excluding hydrogens is 491 g/mol. The van der Waals surface area contributed by atoms with Gasteiger partial charge in [0.05, 0.1) is 19.6 Å². The highest BCUT2D eigenvalue weighted by molar-refractivity contribution is 6.01. The molecular formula is C25H32F3N5O4. The van der Waals surface area contributed by atoms with Crippen molar-refractivity contribution in [1.82, 2.24) is 18.9 Å². The number of hydrogen-bond donors (Lipinski definition) is 1. The number of likely N-dealkylation sites (tertiary alicyclic amines) is 1. The number of nitrogens with zero attached hydrogens (tertiary/aromatic N) is 4. The molecule has 3 rings (SSSR count). The molecule has 37 heavy (non-hydrogen) atoms. The first-order chi connectivity index (χ1) is 17.3. The predicted octanol–water partition coefficient (Wildman–Crippen LogP) is 1.95. The summed E-state index contributed by atoms with van der Waals surface area (Å²) in [5.74, 6) is -4.64. The number of ketones is 1. The van der Waals surface area contributed by atoms with Crippen molar-refractivity contribution < 1.29 is 22.8 Å². The number of amides is 1. The van der Waals surface area contributed by atoms with Gasteiger partial charge in [-0.15, -0.1) is 0 Å². The van der Waals surface area contributed by atoms with Crippen molar-refractivity contribution >= 4 is 17.5 Å². The van der Waals surface area contributed by atoms with E-state index in [1.807, 2.05) is 0 Å². The van der Waals surface area contributed by atoms with Crippen molar-refractivity contribution in [3.05, 3.63) is 62.0 Å². The zero-order chi connectivity index (χ0) is 27.5. The lowest BCUT2D eigenvalue weighted by atomic mass is 10.1. The summed E-state index contributed by atoms with van der Waals surface area (Å²) < 4.78 is 42.2. The minimum absolute atomic E-state index is 0.00633. The Morgan fingerprint density at radius 2 is 1.65 bits per heavy atom. The van der Waals surface area contributed by atoms with Crippen LogP contribution in [0.1, 0.15) is 49.5 Å². The lowest BCUT2D eigenvalue weighted by Crippen LogP contribution is -2.50. The average molecular weight is 524 g/mol. The van der Waals surface area contributed by atoms with Crippen LogP contribution in [0.25, 0.3) is 0 Å². The molecule has 1 fully saturated rings. The number of halogens is 3. The molecule has 0 bridgehead atoms. The van der Waals surface area contributed by atoms with Gasteiger partial charge in [0.25, 0.3) is 11.5 Å². The number of piperidine rings is 1. The number of nitrogen functional groups attached to an aromatic ring is 1. The van der Waals surface area contributed by atoms with Gasteiger partial charge in [-0.1, -0.05) is 12.1 Å². The van der Waals surface area contributed by atoms with Gasteiger partial charge in [-0.05, 0) is 38.5 Å². The van der Waals surface area contributed by atoms with Crippen LogP contribution >= 0.6 is 0 Å². The fourth-order valence-electron chi connectivity index (χ4n) is 4.22. The second-order valence-corrected chi connectivity index (χ2v) is 9.46. The Morgan fingerprint density at radius 1 is 1.05 bits per heavy atom. The molecule has 2 N–H and O–H groups in total. The fraction of sp³-hybridized carbons (Fsp3) is 0.520. The van der Waals surface area contributed by atoms with Gasteiger partial charge in [0.2, 0.25) is 5.91 Å². The number of rotatable bonds is 9. The Morgan fingerprint density at radius 3 is 2.19 bits per heavy atom. The fourth-order valence-corrected chi connectivity index (χ4v) is 4.22. The zero-order valence-corrected chi connectivity index (χ0v) is 21.2. The van der Waals surface area contributed by atoms with Gasteiger partial charge in [-0.3, -0.25) is 28.4 Å². The molecule has 12 heteroatoms. The maximum absolute atomic E-state index is 13.5. The summed E-state index contributed by atoms with van der Waals surface area (Å²) in [5, 5.41) is 0. The molecule has 1 aliphatic heterocycles. The van der Waals surface area contributed by atoms with Crippen molar-refractivity contribution in [2.75, 3.05) is 31.9 Å². The van der Waals surface area contributed by atoms with Crippen molar-refractivity contribution in [2.24, 2.45) is 0 Å². The van der Waals surface area contributed by atoms with Gasteiger partial charge in [0, 0.05) is 38.5 Å². The van der Waals surface area contributed by atoms with Gasteiger partial charge >= 0.3 is 5.69 Å². The van der Waals surface area contributed by atoms with Gasteiger partial charge in [0.15, 0.2) is 5.78 Å². The van der Waals surface area contributed by atoms with Crippen molar-refractivity contribution in [1.29, 1.82) is 0 Å². The maximum Gasteiger partial charge on any atom is 0.332 e. The Hall–Kier alpha value is -3.41. The minimum atomic E-state index is -2.79. The van der Waals surface area contributed by atoms with Crippen LogP contribution in [0, 0.1) is 5.82 Å². The number of alkyl halides is 2. The van der Waals surface area contributed by atoms with Crippen LogP contribution in [0.5, 0.6) is 0 Å². The van der Waals surface area contributed by atoms with E-state index in [9.17, 15) is 32.3 Å². The predicted molar refractivity (Wildman–Crippen MR) is 132 cm³/mol. The number of aromatic nitrogens is 2. The number of carbonyl (C=O) groups is 2. The van der Waals surface area contributed by atoms with Crippen molar-refractivity contribution in [3.63, 3.8) is 0 Å². The number of Topliss-reactive ketones (excluding diaryl/α,β-unsaturated/α-hetero) is 1. The van der Waals surface area contributed by atoms with Crippen LogP contribution in [0.2, 0.25) is 0 Å². The summed E-state index contributed by atoms with van der Waals surface area (Å²) in [6.45, 7) is 4.31. The first-order valence-electron chi connectivity index (χ1n) is 12.1. The van der Waals surface area contributed by atoms with E-state index in [1.165, 1.54) is 34.1 Å². The maximum atomic E-state index is 13.5. The highest BCUT2D eigenvalue weighted by Gasteiger charge is 2.36. The topological polar surface area (TPSA) is 111 Å². The second-order valence-electron chi connectivity index (χ2n) is 9.46. The third kappa shape index (κ3) is 6.48. The minimum Gasteiger partial charge on any atom is -0.384 e. The molecule has 1 aromatic heterocycles. The van der Waals surface area contributed by atoms with E-state index in [0.717, 1.165) is 9.13 Å². The summed E-state index contributed by atoms with van der Waals surface area (Å²) in [5.41, 5.74) is 4.80. The van der Waals surface area contributed by atoms with Gasteiger partial charge in [-0.25, -0.2) is 18.0 Å². The molecule has 0 spiro atoms. The lowest BCUT2D eigenvalue weighted by molar-refractivity contribution is -0.138. The Labute approximate surface area is 212 Å². The van der Waals surface area contributed by atoms with E-state index < -0.39 is 47.5 Å². The number of carbonyl (C=O) groups excluding carboxylic acids is 2. The van der Waals surface area contributed by atoms with E-state index in [2.05, 4.69) is 0 Å². The van der Waals surface area contributed by atoms with Crippen LogP contribution < -0.4 is 17.0 Å². The smallest absolute Gasteiger partial charge is 0.332 e. The molecule has 202 valence electrons. The highest BCUT2D eigenvalue weighted by atomic mass is 19.3. The Balaban J connectivity index is 1.88. The summed E-state index contributed by atoms with van der Waals surface area (Å²) in [7, 11) is 0. The number of hydrogen-bond acceptors (Lipinski definition) is 6. The standard InChI is InChI=1S/C25H32F3N5O4/c1-4-32-23(36)21(22(29)33(24(32)37)13-17-5-7-18(26)8-6-17)19(34)14-31(16(2)3)15-20(35)30-11-9-25(27,28)10-12-30/h5-8,16H,4,9-15,29H2,1-3H3. The Bertz CT molecular complexity index is 1260. The Kier molecular flexibility index (Phi) is 8.62. The largest absolute Gasteiger partial charge is 0.384 e. The second kappa shape index (κ2) is 11.3. The van der Waals surface area contributed by atoms with Crippen LogP contribution in [0.3, 0.4) is 0 Å². The molecule has 2 aromatic rings. The van der Waals surface area contributed by atoms with Gasteiger partial charge in [0.1, 0.15) is 17.2 Å². The van der Waals surface area contributed by atoms with Crippen LogP contribution in [-0.2, 0) is 17.9 Å².